The molecule has 3 unspecified atom stereocenters. The Hall–Kier alpha value is -0.600. The van der Waals surface area contributed by atoms with Crippen LogP contribution in [0, 0.1) is 0 Å². The maximum absolute atomic E-state index is 8.92. The van der Waals surface area contributed by atoms with Crippen LogP contribution in [0.1, 0.15) is 20.8 Å². The molecule has 0 fully saturated rings. The van der Waals surface area contributed by atoms with E-state index in [4.69, 9.17) is 72.5 Å². The van der Waals surface area contributed by atoms with Crippen LogP contribution in [0.5, 0.6) is 0 Å². The van der Waals surface area contributed by atoms with Crippen LogP contribution < -0.4 is 0 Å². The average Bonchev–Trinajstić information content (AvgIpc) is 3.02. The van der Waals surface area contributed by atoms with Gasteiger partial charge in [-0.1, -0.05) is 0 Å². The molecule has 44 heavy (non-hydrogen) atoms. The number of aliphatic hydroxyl groups excluding tert-OH is 4. The molecule has 0 aromatic heterocycles. The summed E-state index contributed by atoms with van der Waals surface area (Å²) in [6.07, 6.45) is -0.654. The molecule has 0 aliphatic carbocycles. The van der Waals surface area contributed by atoms with Crippen molar-refractivity contribution in [2.75, 3.05) is 152 Å². The summed E-state index contributed by atoms with van der Waals surface area (Å²) in [5.74, 6) is 0. The molecule has 0 aromatic carbocycles. The van der Waals surface area contributed by atoms with Crippen LogP contribution in [0.25, 0.3) is 0 Å². The molecule has 268 valence electrons. The Kier molecular flexibility index (Phi) is 41.8. The maximum Gasteiger partial charge on any atom is 0.0781 e. The van der Waals surface area contributed by atoms with Gasteiger partial charge in [0.25, 0.3) is 0 Å². The van der Waals surface area contributed by atoms with E-state index in [1.165, 1.54) is 0 Å². The molecule has 3 atom stereocenters. The lowest BCUT2D eigenvalue weighted by Crippen LogP contribution is -2.24. The Morgan fingerprint density at radius 1 is 0.364 bits per heavy atom. The van der Waals surface area contributed by atoms with E-state index < -0.39 is 6.10 Å². The predicted molar refractivity (Wildman–Crippen MR) is 161 cm³/mol. The molecular formula is C29H62O15. The third kappa shape index (κ3) is 43.5. The summed E-state index contributed by atoms with van der Waals surface area (Å²) in [5, 5.41) is 34.6. The molecule has 0 rings (SSSR count). The van der Waals surface area contributed by atoms with Gasteiger partial charge in [0.05, 0.1) is 170 Å². The highest BCUT2D eigenvalue weighted by Gasteiger charge is 2.07. The molecule has 0 bridgehead atoms. The van der Waals surface area contributed by atoms with Gasteiger partial charge >= 0.3 is 0 Å². The fourth-order valence-electron chi connectivity index (χ4n) is 2.69. The van der Waals surface area contributed by atoms with Crippen molar-refractivity contribution < 1.29 is 72.5 Å². The molecule has 0 spiro atoms. The second-order valence-electron chi connectivity index (χ2n) is 9.28. The minimum Gasteiger partial charge on any atom is -0.394 e. The van der Waals surface area contributed by atoms with Crippen molar-refractivity contribution in [1.29, 1.82) is 0 Å². The third-order valence-corrected chi connectivity index (χ3v) is 4.94. The number of ether oxygens (including phenoxy) is 11. The summed E-state index contributed by atoms with van der Waals surface area (Å²) < 4.78 is 58.1. The summed E-state index contributed by atoms with van der Waals surface area (Å²) >= 11 is 0. The molecule has 15 heteroatoms. The fourth-order valence-corrected chi connectivity index (χ4v) is 2.69. The topological polar surface area (TPSA) is 182 Å². The van der Waals surface area contributed by atoms with Crippen molar-refractivity contribution in [1.82, 2.24) is 0 Å². The standard InChI is InChI=1S/C20H42O11.C9H20O4/c21-1-3-23-5-7-25-9-11-27-13-15-29-17-19-31-20-18-30-16-14-28-12-10-26-8-6-24-4-2-22;1-7(11)5-12-9(3)6-13-8(2)4-10/h21-22H,1-20H2;7-11H,4-6H2,1-3H3. The number of rotatable bonds is 35. The zero-order chi connectivity index (χ0) is 32.8. The first-order chi connectivity index (χ1) is 21.5. The van der Waals surface area contributed by atoms with Crippen LogP contribution in [0.3, 0.4) is 0 Å². The number of hydrogen-bond donors (Lipinski definition) is 4. The van der Waals surface area contributed by atoms with Gasteiger partial charge in [0.1, 0.15) is 0 Å². The molecular weight excluding hydrogens is 588 g/mol. The first kappa shape index (κ1) is 45.5. The Bertz CT molecular complexity index is 477. The summed E-state index contributed by atoms with van der Waals surface area (Å²) in [4.78, 5) is 0. The largest absolute Gasteiger partial charge is 0.394 e. The minimum atomic E-state index is -0.447. The van der Waals surface area contributed by atoms with Gasteiger partial charge < -0.3 is 72.5 Å². The van der Waals surface area contributed by atoms with E-state index in [1.807, 2.05) is 6.92 Å². The second kappa shape index (κ2) is 40.4. The highest BCUT2D eigenvalue weighted by molar-refractivity contribution is 4.53. The van der Waals surface area contributed by atoms with Gasteiger partial charge in [0, 0.05) is 0 Å². The van der Waals surface area contributed by atoms with Crippen molar-refractivity contribution in [2.45, 2.75) is 39.1 Å². The smallest absolute Gasteiger partial charge is 0.0781 e. The van der Waals surface area contributed by atoms with Gasteiger partial charge in [0.15, 0.2) is 0 Å². The van der Waals surface area contributed by atoms with E-state index >= 15 is 0 Å². The van der Waals surface area contributed by atoms with E-state index in [-0.39, 0.29) is 32.0 Å². The molecule has 0 radical (unpaired) electrons. The molecule has 0 saturated carbocycles. The predicted octanol–water partition coefficient (Wildman–Crippen LogP) is -0.710. The Morgan fingerprint density at radius 3 is 0.841 bits per heavy atom. The second-order valence-corrected chi connectivity index (χ2v) is 9.28. The van der Waals surface area contributed by atoms with Crippen LogP contribution in [0.4, 0.5) is 0 Å². The van der Waals surface area contributed by atoms with E-state index in [1.54, 1.807) is 13.8 Å². The van der Waals surface area contributed by atoms with Gasteiger partial charge in [-0.2, -0.15) is 0 Å². The Morgan fingerprint density at radius 2 is 0.614 bits per heavy atom. The van der Waals surface area contributed by atoms with Crippen molar-refractivity contribution in [2.24, 2.45) is 0 Å². The van der Waals surface area contributed by atoms with Crippen LogP contribution in [-0.2, 0) is 52.1 Å². The van der Waals surface area contributed by atoms with Gasteiger partial charge in [-0.3, -0.25) is 0 Å². The lowest BCUT2D eigenvalue weighted by molar-refractivity contribution is -0.0620. The molecule has 0 aliphatic rings. The van der Waals surface area contributed by atoms with E-state index in [9.17, 15) is 0 Å². The number of aliphatic hydroxyl groups is 4. The van der Waals surface area contributed by atoms with Gasteiger partial charge in [-0.15, -0.1) is 0 Å². The lowest BCUT2D eigenvalue weighted by atomic mass is 10.4. The molecule has 4 N–H and O–H groups in total. The van der Waals surface area contributed by atoms with Crippen molar-refractivity contribution >= 4 is 0 Å². The van der Waals surface area contributed by atoms with E-state index in [0.717, 1.165) is 0 Å². The summed E-state index contributed by atoms with van der Waals surface area (Å²) in [5.41, 5.74) is 0. The first-order valence-corrected chi connectivity index (χ1v) is 15.4. The minimum absolute atomic E-state index is 0.0170. The molecule has 0 amide bonds. The summed E-state index contributed by atoms with van der Waals surface area (Å²) in [7, 11) is 0. The van der Waals surface area contributed by atoms with E-state index in [0.29, 0.717) is 132 Å². The van der Waals surface area contributed by atoms with Crippen molar-refractivity contribution in [3.63, 3.8) is 0 Å². The van der Waals surface area contributed by atoms with Gasteiger partial charge in [-0.05, 0) is 20.8 Å². The van der Waals surface area contributed by atoms with Crippen LogP contribution in [0.15, 0.2) is 0 Å². The van der Waals surface area contributed by atoms with Gasteiger partial charge in [0.2, 0.25) is 0 Å². The maximum atomic E-state index is 8.92. The summed E-state index contributed by atoms with van der Waals surface area (Å²) in [6.45, 7) is 14.9. The van der Waals surface area contributed by atoms with Crippen molar-refractivity contribution in [3.8, 4) is 0 Å². The zero-order valence-electron chi connectivity index (χ0n) is 27.3. The molecule has 15 nitrogen and oxygen atoms in total. The van der Waals surface area contributed by atoms with Crippen LogP contribution >= 0.6 is 0 Å². The third-order valence-electron chi connectivity index (χ3n) is 4.94. The fraction of sp³-hybridized carbons (Fsp3) is 1.00. The first-order valence-electron chi connectivity index (χ1n) is 15.4. The normalized spacial score (nSPS) is 13.4. The lowest BCUT2D eigenvalue weighted by Gasteiger charge is -2.16. The Balaban J connectivity index is 0. The molecule has 0 aromatic rings. The van der Waals surface area contributed by atoms with Gasteiger partial charge in [-0.25, -0.2) is 0 Å². The summed E-state index contributed by atoms with van der Waals surface area (Å²) in [6, 6.07) is 0. The Labute approximate surface area is 263 Å². The highest BCUT2D eigenvalue weighted by Crippen LogP contribution is 1.97. The average molecular weight is 651 g/mol. The van der Waals surface area contributed by atoms with Crippen molar-refractivity contribution in [3.05, 3.63) is 0 Å². The highest BCUT2D eigenvalue weighted by atomic mass is 16.6. The monoisotopic (exact) mass is 650 g/mol. The van der Waals surface area contributed by atoms with Crippen LogP contribution in [0.2, 0.25) is 0 Å². The SMILES string of the molecule is CC(O)COC(C)COC(C)CO.OCCOCCOCCOCCOCCOCCOCCOCCOCCOCCO. The quantitative estimate of drug-likeness (QED) is 0.0631. The molecule has 0 saturated heterocycles. The molecule has 0 heterocycles. The van der Waals surface area contributed by atoms with E-state index in [2.05, 4.69) is 0 Å². The number of hydrogen-bond acceptors (Lipinski definition) is 15. The molecule has 0 aliphatic heterocycles. The van der Waals surface area contributed by atoms with Crippen LogP contribution in [-0.4, -0.2) is 191 Å². The zero-order valence-corrected chi connectivity index (χ0v) is 27.3.